The lowest BCUT2D eigenvalue weighted by Crippen LogP contribution is -2.30. The van der Waals surface area contributed by atoms with Gasteiger partial charge in [-0.1, -0.05) is 6.08 Å². The number of rotatable bonds is 5. The molecule has 0 bridgehead atoms. The molecule has 0 aliphatic carbocycles. The summed E-state index contributed by atoms with van der Waals surface area (Å²) in [6.45, 7) is 2.68. The van der Waals surface area contributed by atoms with Crippen LogP contribution in [0.2, 0.25) is 0 Å². The molecule has 28 heavy (non-hydrogen) atoms. The van der Waals surface area contributed by atoms with Crippen molar-refractivity contribution in [1.29, 1.82) is 0 Å². The highest BCUT2D eigenvalue weighted by Crippen LogP contribution is 2.29. The van der Waals surface area contributed by atoms with E-state index in [4.69, 9.17) is 14.2 Å². The van der Waals surface area contributed by atoms with Crippen LogP contribution in [0.5, 0.6) is 5.88 Å². The summed E-state index contributed by atoms with van der Waals surface area (Å²) in [7, 11) is 0. The van der Waals surface area contributed by atoms with E-state index in [-0.39, 0.29) is 29.6 Å². The van der Waals surface area contributed by atoms with Gasteiger partial charge in [0.05, 0.1) is 25.4 Å². The second kappa shape index (κ2) is 7.47. The molecule has 3 heterocycles. The lowest BCUT2D eigenvalue weighted by atomic mass is 10.0. The number of carbonyl (C=O) groups is 1. The van der Waals surface area contributed by atoms with Crippen LogP contribution in [0, 0.1) is 17.9 Å². The molecule has 2 aliphatic rings. The minimum Gasteiger partial charge on any atom is -0.453 e. The van der Waals surface area contributed by atoms with Crippen molar-refractivity contribution < 1.29 is 32.9 Å². The first-order chi connectivity index (χ1) is 13.5. The van der Waals surface area contributed by atoms with E-state index in [1.807, 2.05) is 6.08 Å². The molecule has 0 saturated carbocycles. The van der Waals surface area contributed by atoms with Gasteiger partial charge >= 0.3 is 12.0 Å². The second-order valence-corrected chi connectivity index (χ2v) is 6.47. The van der Waals surface area contributed by atoms with Crippen molar-refractivity contribution in [2.45, 2.75) is 19.4 Å². The standard InChI is InChI=1S/C18H18FN3O6/c1-11-17(22(24)28-20-11)26-10-14-9-21(18(23)27-14)13-2-3-15(16(19)8-13)12-4-6-25-7-5-12/h2-4,8,14H,5-7,9-10H2,1H3/t14-/m1/s1. The monoisotopic (exact) mass is 391 g/mol. The molecule has 1 atom stereocenters. The first-order valence-electron chi connectivity index (χ1n) is 8.77. The maximum Gasteiger partial charge on any atom is 0.414 e. The molecular formula is C18H18FN3O6. The molecule has 0 N–H and O–H groups in total. The average molecular weight is 391 g/mol. The third kappa shape index (κ3) is 3.50. The van der Waals surface area contributed by atoms with Gasteiger partial charge < -0.3 is 19.4 Å². The molecule has 1 saturated heterocycles. The zero-order valence-corrected chi connectivity index (χ0v) is 15.1. The fraction of sp³-hybridized carbons (Fsp3) is 0.389. The summed E-state index contributed by atoms with van der Waals surface area (Å²) in [5.41, 5.74) is 2.07. The Morgan fingerprint density at radius 3 is 3.00 bits per heavy atom. The van der Waals surface area contributed by atoms with Gasteiger partial charge in [0.15, 0.2) is 6.10 Å². The van der Waals surface area contributed by atoms with Gasteiger partial charge in [-0.05, 0) is 35.1 Å². The third-order valence-corrected chi connectivity index (χ3v) is 4.58. The Bertz CT molecular complexity index is 909. The topological polar surface area (TPSA) is 101 Å². The number of aryl methyl sites for hydroxylation is 1. The van der Waals surface area contributed by atoms with Crippen LogP contribution < -0.4 is 14.5 Å². The Labute approximate surface area is 159 Å². The molecule has 148 valence electrons. The van der Waals surface area contributed by atoms with Crippen molar-refractivity contribution in [3.63, 3.8) is 0 Å². The van der Waals surface area contributed by atoms with E-state index in [1.54, 1.807) is 19.1 Å². The number of anilines is 1. The number of carbonyl (C=O) groups excluding carboxylic acids is 1. The Morgan fingerprint density at radius 1 is 1.46 bits per heavy atom. The summed E-state index contributed by atoms with van der Waals surface area (Å²) < 4.78 is 34.8. The van der Waals surface area contributed by atoms with E-state index in [0.29, 0.717) is 30.9 Å². The molecule has 1 amide bonds. The number of halogens is 1. The predicted molar refractivity (Wildman–Crippen MR) is 93.1 cm³/mol. The van der Waals surface area contributed by atoms with Crippen molar-refractivity contribution in [1.82, 2.24) is 5.16 Å². The molecule has 1 aromatic carbocycles. The minimum atomic E-state index is -0.622. The highest BCUT2D eigenvalue weighted by molar-refractivity contribution is 5.90. The highest BCUT2D eigenvalue weighted by Gasteiger charge is 2.34. The molecule has 4 rings (SSSR count). The van der Waals surface area contributed by atoms with Crippen molar-refractivity contribution in [2.24, 2.45) is 0 Å². The summed E-state index contributed by atoms with van der Waals surface area (Å²) in [5.74, 6) is -0.500. The van der Waals surface area contributed by atoms with E-state index in [2.05, 4.69) is 9.79 Å². The number of amides is 1. The molecule has 10 heteroatoms. The maximum atomic E-state index is 14.6. The summed E-state index contributed by atoms with van der Waals surface area (Å²) >= 11 is 0. The van der Waals surface area contributed by atoms with Crippen LogP contribution in [0.1, 0.15) is 17.7 Å². The smallest absolute Gasteiger partial charge is 0.414 e. The van der Waals surface area contributed by atoms with Gasteiger partial charge in [0, 0.05) is 17.6 Å². The molecular weight excluding hydrogens is 373 g/mol. The first-order valence-corrected chi connectivity index (χ1v) is 8.77. The second-order valence-electron chi connectivity index (χ2n) is 6.47. The fourth-order valence-electron chi connectivity index (χ4n) is 3.16. The third-order valence-electron chi connectivity index (χ3n) is 4.58. The van der Waals surface area contributed by atoms with Crippen LogP contribution in [0.25, 0.3) is 5.57 Å². The number of benzene rings is 1. The lowest BCUT2D eigenvalue weighted by molar-refractivity contribution is -0.805. The zero-order chi connectivity index (χ0) is 19.7. The maximum absolute atomic E-state index is 14.6. The summed E-state index contributed by atoms with van der Waals surface area (Å²) in [6.07, 6.45) is 1.27. The molecule has 2 aromatic rings. The van der Waals surface area contributed by atoms with Gasteiger partial charge in [0.1, 0.15) is 12.4 Å². The Hall–Kier alpha value is -3.14. The largest absolute Gasteiger partial charge is 0.453 e. The SMILES string of the molecule is Cc1no[n+]([O-])c1OC[C@H]1CN(c2ccc(C3=CCOCC3)c(F)c2)C(=O)O1. The van der Waals surface area contributed by atoms with Crippen molar-refractivity contribution in [2.75, 3.05) is 31.3 Å². The average Bonchev–Trinajstić information content (AvgIpc) is 3.22. The van der Waals surface area contributed by atoms with Gasteiger partial charge in [-0.15, -0.1) is 0 Å². The van der Waals surface area contributed by atoms with Gasteiger partial charge in [-0.25, -0.2) is 9.18 Å². The lowest BCUT2D eigenvalue weighted by Gasteiger charge is -2.17. The molecule has 0 unspecified atom stereocenters. The van der Waals surface area contributed by atoms with Gasteiger partial charge in [-0.3, -0.25) is 9.53 Å². The van der Waals surface area contributed by atoms with Crippen LogP contribution in [0.4, 0.5) is 14.9 Å². The van der Waals surface area contributed by atoms with Crippen molar-refractivity contribution in [3.8, 4) is 5.88 Å². The van der Waals surface area contributed by atoms with E-state index in [1.165, 1.54) is 11.0 Å². The molecule has 1 fully saturated rings. The number of hydrogen-bond donors (Lipinski definition) is 0. The van der Waals surface area contributed by atoms with Crippen LogP contribution in [0.3, 0.4) is 0 Å². The van der Waals surface area contributed by atoms with E-state index in [0.717, 1.165) is 5.57 Å². The number of hydrogen-bond acceptors (Lipinski definition) is 7. The number of nitrogens with zero attached hydrogens (tertiary/aromatic N) is 3. The number of aromatic nitrogens is 2. The molecule has 0 spiro atoms. The van der Waals surface area contributed by atoms with E-state index < -0.39 is 18.0 Å². The number of cyclic esters (lactones) is 1. The quantitative estimate of drug-likeness (QED) is 0.718. The number of ether oxygens (including phenoxy) is 3. The summed E-state index contributed by atoms with van der Waals surface area (Å²) in [6, 6.07) is 4.64. The molecule has 2 aliphatic heterocycles. The van der Waals surface area contributed by atoms with Gasteiger partial charge in [-0.2, -0.15) is 0 Å². The van der Waals surface area contributed by atoms with E-state index >= 15 is 0 Å². The van der Waals surface area contributed by atoms with Crippen molar-refractivity contribution in [3.05, 3.63) is 46.6 Å². The van der Waals surface area contributed by atoms with Gasteiger partial charge in [0.25, 0.3) is 5.69 Å². The normalized spacial score (nSPS) is 19.5. The van der Waals surface area contributed by atoms with Crippen LogP contribution >= 0.6 is 0 Å². The molecule has 9 nitrogen and oxygen atoms in total. The Balaban J connectivity index is 1.44. The molecule has 1 aromatic heterocycles. The van der Waals surface area contributed by atoms with Crippen LogP contribution in [-0.4, -0.2) is 43.7 Å². The van der Waals surface area contributed by atoms with Crippen LogP contribution in [-0.2, 0) is 9.47 Å². The van der Waals surface area contributed by atoms with Crippen molar-refractivity contribution >= 4 is 17.4 Å². The zero-order valence-electron chi connectivity index (χ0n) is 15.1. The predicted octanol–water partition coefficient (Wildman–Crippen LogP) is 1.96. The summed E-state index contributed by atoms with van der Waals surface area (Å²) in [5, 5.41) is 14.9. The highest BCUT2D eigenvalue weighted by atomic mass is 19.1. The van der Waals surface area contributed by atoms with Crippen LogP contribution in [0.15, 0.2) is 28.9 Å². The Kier molecular flexibility index (Phi) is 4.86. The van der Waals surface area contributed by atoms with E-state index in [9.17, 15) is 14.4 Å². The summed E-state index contributed by atoms with van der Waals surface area (Å²) in [4.78, 5) is 13.6. The Morgan fingerprint density at radius 2 is 2.32 bits per heavy atom. The first kappa shape index (κ1) is 18.2. The fourth-order valence-corrected chi connectivity index (χ4v) is 3.16. The molecule has 0 radical (unpaired) electrons. The minimum absolute atomic E-state index is 0.0556. The van der Waals surface area contributed by atoms with Gasteiger partial charge in [0.2, 0.25) is 0 Å².